The number of halogens is 2. The maximum atomic E-state index is 13.3. The normalized spacial score (nSPS) is 10.6. The second-order valence-electron chi connectivity index (χ2n) is 7.22. The van der Waals surface area contributed by atoms with Crippen molar-refractivity contribution >= 4 is 40.7 Å². The molecule has 0 radical (unpaired) electrons. The molecule has 7 nitrogen and oxygen atoms in total. The number of pyridine rings is 1. The molecule has 0 spiro atoms. The molecule has 2 heterocycles. The van der Waals surface area contributed by atoms with Gasteiger partial charge in [0, 0.05) is 31.2 Å². The van der Waals surface area contributed by atoms with Crippen molar-refractivity contribution in [3.05, 3.63) is 94.9 Å². The van der Waals surface area contributed by atoms with Crippen LogP contribution in [0.25, 0.3) is 16.9 Å². The number of rotatable bonds is 6. The minimum absolute atomic E-state index is 0.205. The Balaban J connectivity index is 1.60. The summed E-state index contributed by atoms with van der Waals surface area (Å²) in [4.78, 5) is 31.4. The van der Waals surface area contributed by atoms with Crippen LogP contribution in [-0.4, -0.2) is 45.1 Å². The Morgan fingerprint density at radius 3 is 2.39 bits per heavy atom. The predicted molar refractivity (Wildman–Crippen MR) is 129 cm³/mol. The lowest BCUT2D eigenvalue weighted by Gasteiger charge is -2.17. The van der Waals surface area contributed by atoms with E-state index >= 15 is 0 Å². The third-order valence-corrected chi connectivity index (χ3v) is 5.48. The van der Waals surface area contributed by atoms with Crippen molar-refractivity contribution in [2.75, 3.05) is 18.9 Å². The Morgan fingerprint density at radius 1 is 1.00 bits per heavy atom. The van der Waals surface area contributed by atoms with Gasteiger partial charge in [0.05, 0.1) is 33.5 Å². The average Bonchev–Trinajstić information content (AvgIpc) is 3.28. The van der Waals surface area contributed by atoms with Crippen molar-refractivity contribution in [3.63, 3.8) is 0 Å². The summed E-state index contributed by atoms with van der Waals surface area (Å²) in [6, 6.07) is 18.0. The molecule has 0 saturated heterocycles. The average molecular weight is 480 g/mol. The van der Waals surface area contributed by atoms with E-state index in [-0.39, 0.29) is 12.5 Å². The SMILES string of the molecule is CN(CC(=O)Nc1c(Cl)cccc1Cl)C(=O)c1cn(-c2ccccc2)nc1-c1cccnc1. The molecule has 2 aromatic carbocycles. The summed E-state index contributed by atoms with van der Waals surface area (Å²) in [5, 5.41) is 7.91. The highest BCUT2D eigenvalue weighted by molar-refractivity contribution is 6.39. The quantitative estimate of drug-likeness (QED) is 0.424. The molecule has 166 valence electrons. The minimum Gasteiger partial charge on any atom is -0.332 e. The van der Waals surface area contributed by atoms with Gasteiger partial charge in [-0.2, -0.15) is 5.10 Å². The van der Waals surface area contributed by atoms with Crippen molar-refractivity contribution in [2.24, 2.45) is 0 Å². The van der Waals surface area contributed by atoms with E-state index in [0.29, 0.717) is 32.6 Å². The van der Waals surface area contributed by atoms with Crippen molar-refractivity contribution in [3.8, 4) is 16.9 Å². The smallest absolute Gasteiger partial charge is 0.257 e. The van der Waals surface area contributed by atoms with Gasteiger partial charge in [-0.25, -0.2) is 4.68 Å². The van der Waals surface area contributed by atoms with Crippen LogP contribution in [0.1, 0.15) is 10.4 Å². The minimum atomic E-state index is -0.431. The number of para-hydroxylation sites is 2. The zero-order valence-electron chi connectivity index (χ0n) is 17.6. The van der Waals surface area contributed by atoms with E-state index < -0.39 is 5.91 Å². The molecule has 0 bridgehead atoms. The topological polar surface area (TPSA) is 80.1 Å². The second-order valence-corrected chi connectivity index (χ2v) is 8.03. The van der Waals surface area contributed by atoms with E-state index in [4.69, 9.17) is 23.2 Å². The van der Waals surface area contributed by atoms with Crippen LogP contribution in [0.5, 0.6) is 0 Å². The molecule has 0 saturated carbocycles. The van der Waals surface area contributed by atoms with E-state index in [0.717, 1.165) is 5.69 Å². The molecular formula is C24H19Cl2N5O2. The van der Waals surface area contributed by atoms with Crippen LogP contribution in [-0.2, 0) is 4.79 Å². The Kier molecular flexibility index (Phi) is 6.72. The van der Waals surface area contributed by atoms with E-state index in [1.54, 1.807) is 54.6 Å². The molecule has 4 aromatic rings. The lowest BCUT2D eigenvalue weighted by atomic mass is 10.1. The molecule has 0 aliphatic heterocycles. The van der Waals surface area contributed by atoms with Gasteiger partial charge in [0.15, 0.2) is 0 Å². The van der Waals surface area contributed by atoms with Crippen molar-refractivity contribution in [2.45, 2.75) is 0 Å². The number of likely N-dealkylation sites (N-methyl/N-ethyl adjacent to an activating group) is 1. The molecule has 0 unspecified atom stereocenters. The van der Waals surface area contributed by atoms with Crippen molar-refractivity contribution < 1.29 is 9.59 Å². The van der Waals surface area contributed by atoms with Gasteiger partial charge in [-0.15, -0.1) is 0 Å². The number of nitrogens with one attached hydrogen (secondary N) is 1. The molecule has 2 aromatic heterocycles. The lowest BCUT2D eigenvalue weighted by molar-refractivity contribution is -0.116. The first-order chi connectivity index (χ1) is 15.9. The van der Waals surface area contributed by atoms with Crippen LogP contribution in [0.4, 0.5) is 5.69 Å². The van der Waals surface area contributed by atoms with Gasteiger partial charge < -0.3 is 10.2 Å². The van der Waals surface area contributed by atoms with E-state index in [1.807, 2.05) is 36.4 Å². The number of aromatic nitrogens is 3. The van der Waals surface area contributed by atoms with Crippen LogP contribution >= 0.6 is 23.2 Å². The first-order valence-corrected chi connectivity index (χ1v) is 10.7. The number of amides is 2. The molecule has 0 aliphatic rings. The number of benzene rings is 2. The summed E-state index contributed by atoms with van der Waals surface area (Å²) in [5.74, 6) is -0.796. The fourth-order valence-electron chi connectivity index (χ4n) is 3.25. The van der Waals surface area contributed by atoms with Crippen LogP contribution < -0.4 is 5.32 Å². The highest BCUT2D eigenvalue weighted by atomic mass is 35.5. The summed E-state index contributed by atoms with van der Waals surface area (Å²) in [6.45, 7) is -0.205. The number of hydrogen-bond donors (Lipinski definition) is 1. The molecule has 9 heteroatoms. The highest BCUT2D eigenvalue weighted by Crippen LogP contribution is 2.30. The molecule has 0 aliphatic carbocycles. The largest absolute Gasteiger partial charge is 0.332 e. The van der Waals surface area contributed by atoms with Crippen molar-refractivity contribution in [1.29, 1.82) is 0 Å². The predicted octanol–water partition coefficient (Wildman–Crippen LogP) is 4.95. The molecule has 2 amide bonds. The number of carbonyl (C=O) groups excluding carboxylic acids is 2. The van der Waals surface area contributed by atoms with Gasteiger partial charge >= 0.3 is 0 Å². The van der Waals surface area contributed by atoms with E-state index in [1.165, 1.54) is 4.90 Å². The molecule has 0 atom stereocenters. The maximum absolute atomic E-state index is 13.3. The summed E-state index contributed by atoms with van der Waals surface area (Å²) in [5.41, 5.74) is 2.61. The number of anilines is 1. The van der Waals surface area contributed by atoms with Crippen molar-refractivity contribution in [1.82, 2.24) is 19.7 Å². The molecule has 4 rings (SSSR count). The second kappa shape index (κ2) is 9.85. The van der Waals surface area contributed by atoms with Gasteiger partial charge in [0.25, 0.3) is 5.91 Å². The fourth-order valence-corrected chi connectivity index (χ4v) is 3.74. The monoisotopic (exact) mass is 479 g/mol. The molecule has 0 fully saturated rings. The maximum Gasteiger partial charge on any atom is 0.257 e. The number of nitrogens with zero attached hydrogens (tertiary/aromatic N) is 4. The third-order valence-electron chi connectivity index (χ3n) is 4.86. The van der Waals surface area contributed by atoms with E-state index in [2.05, 4.69) is 15.4 Å². The summed E-state index contributed by atoms with van der Waals surface area (Å²) < 4.78 is 1.63. The third kappa shape index (κ3) is 5.05. The van der Waals surface area contributed by atoms with Gasteiger partial charge in [0.1, 0.15) is 5.69 Å². The summed E-state index contributed by atoms with van der Waals surface area (Å²) in [7, 11) is 1.54. The number of carbonyl (C=O) groups is 2. The van der Waals surface area contributed by atoms with E-state index in [9.17, 15) is 9.59 Å². The van der Waals surface area contributed by atoms with Crippen LogP contribution in [0.15, 0.2) is 79.3 Å². The van der Waals surface area contributed by atoms with Crippen LogP contribution in [0, 0.1) is 0 Å². The molecular weight excluding hydrogens is 461 g/mol. The zero-order valence-corrected chi connectivity index (χ0v) is 19.1. The lowest BCUT2D eigenvalue weighted by Crippen LogP contribution is -2.35. The zero-order chi connectivity index (χ0) is 23.4. The standard InChI is InChI=1S/C24H19Cl2N5O2/c1-30(15-21(32)28-23-19(25)10-5-11-20(23)26)24(33)18-14-31(17-8-3-2-4-9-17)29-22(18)16-7-6-12-27-13-16/h2-14H,15H2,1H3,(H,28,32). The van der Waals surface area contributed by atoms with Gasteiger partial charge in [-0.1, -0.05) is 47.5 Å². The first-order valence-electron chi connectivity index (χ1n) is 9.99. The Hall–Kier alpha value is -3.68. The summed E-state index contributed by atoms with van der Waals surface area (Å²) in [6.07, 6.45) is 4.94. The Bertz CT molecular complexity index is 1270. The fraction of sp³-hybridized carbons (Fsp3) is 0.0833. The van der Waals surface area contributed by atoms with Gasteiger partial charge in [0.2, 0.25) is 5.91 Å². The first kappa shape index (κ1) is 22.5. The number of hydrogen-bond acceptors (Lipinski definition) is 4. The highest BCUT2D eigenvalue weighted by Gasteiger charge is 2.23. The van der Waals surface area contributed by atoms with Crippen LogP contribution in [0.2, 0.25) is 10.0 Å². The Labute approximate surface area is 200 Å². The van der Waals surface area contributed by atoms with Gasteiger partial charge in [-0.3, -0.25) is 14.6 Å². The summed E-state index contributed by atoms with van der Waals surface area (Å²) >= 11 is 12.2. The molecule has 1 N–H and O–H groups in total. The molecule has 33 heavy (non-hydrogen) atoms. The Morgan fingerprint density at radius 2 is 1.73 bits per heavy atom. The van der Waals surface area contributed by atoms with Crippen LogP contribution in [0.3, 0.4) is 0 Å². The van der Waals surface area contributed by atoms with Gasteiger partial charge in [-0.05, 0) is 36.4 Å².